The van der Waals surface area contributed by atoms with Gasteiger partial charge in [0.1, 0.15) is 0 Å². The molecule has 0 saturated carbocycles. The Kier molecular flexibility index (Phi) is 6.44. The molecule has 0 aromatic carbocycles. The number of carbonyl (C=O) groups excluding carboxylic acids is 1. The van der Waals surface area contributed by atoms with Crippen molar-refractivity contribution in [3.63, 3.8) is 0 Å². The van der Waals surface area contributed by atoms with Gasteiger partial charge in [-0.2, -0.15) is 0 Å². The first-order chi connectivity index (χ1) is 5.68. The number of rotatable bonds is 5. The van der Waals surface area contributed by atoms with Crippen molar-refractivity contribution in [2.45, 2.75) is 40.0 Å². The highest BCUT2D eigenvalue weighted by molar-refractivity contribution is 5.72. The van der Waals surface area contributed by atoms with Gasteiger partial charge in [-0.25, -0.2) is 0 Å². The quantitative estimate of drug-likeness (QED) is 0.360. The summed E-state index contributed by atoms with van der Waals surface area (Å²) in [5.41, 5.74) is 0. The maximum absolute atomic E-state index is 10.9. The van der Waals surface area contributed by atoms with Gasteiger partial charge < -0.3 is 4.74 Å². The molecule has 0 amide bonds. The SMILES string of the molecule is CCCC/C=C/OC(=O)C(C)C. The van der Waals surface area contributed by atoms with Gasteiger partial charge in [0.2, 0.25) is 0 Å². The van der Waals surface area contributed by atoms with Crippen LogP contribution in [0.1, 0.15) is 40.0 Å². The first-order valence-corrected chi connectivity index (χ1v) is 4.54. The fourth-order valence-corrected chi connectivity index (χ4v) is 0.641. The molecule has 0 radical (unpaired) electrons. The predicted octanol–water partition coefficient (Wildman–Crippen LogP) is 2.89. The van der Waals surface area contributed by atoms with E-state index in [0.717, 1.165) is 12.8 Å². The Morgan fingerprint density at radius 2 is 2.17 bits per heavy atom. The molecule has 0 bridgehead atoms. The van der Waals surface area contributed by atoms with Gasteiger partial charge in [-0.05, 0) is 18.9 Å². The molecule has 0 atom stereocenters. The van der Waals surface area contributed by atoms with Crippen molar-refractivity contribution < 1.29 is 9.53 Å². The minimum absolute atomic E-state index is 0.0409. The van der Waals surface area contributed by atoms with E-state index in [1.165, 1.54) is 12.7 Å². The standard InChI is InChI=1S/C10H18O2/c1-4-5-6-7-8-12-10(11)9(2)3/h7-9H,4-6H2,1-3H3/b8-7+. The Morgan fingerprint density at radius 3 is 2.67 bits per heavy atom. The minimum atomic E-state index is -0.164. The van der Waals surface area contributed by atoms with Crippen LogP contribution in [0.5, 0.6) is 0 Å². The normalized spacial score (nSPS) is 11.0. The van der Waals surface area contributed by atoms with E-state index in [0.29, 0.717) is 0 Å². The van der Waals surface area contributed by atoms with E-state index in [1.807, 2.05) is 19.9 Å². The lowest BCUT2D eigenvalue weighted by Crippen LogP contribution is -2.07. The number of hydrogen-bond acceptors (Lipinski definition) is 2. The van der Waals surface area contributed by atoms with Crippen LogP contribution >= 0.6 is 0 Å². The maximum Gasteiger partial charge on any atom is 0.313 e. The van der Waals surface area contributed by atoms with Crippen LogP contribution < -0.4 is 0 Å². The summed E-state index contributed by atoms with van der Waals surface area (Å²) in [7, 11) is 0. The van der Waals surface area contributed by atoms with Crippen molar-refractivity contribution in [1.29, 1.82) is 0 Å². The van der Waals surface area contributed by atoms with Crippen molar-refractivity contribution in [2.24, 2.45) is 5.92 Å². The highest BCUT2D eigenvalue weighted by atomic mass is 16.5. The average Bonchev–Trinajstić information content (AvgIpc) is 2.03. The average molecular weight is 170 g/mol. The van der Waals surface area contributed by atoms with Crippen LogP contribution in [0.4, 0.5) is 0 Å². The van der Waals surface area contributed by atoms with Crippen LogP contribution in [0.25, 0.3) is 0 Å². The Hall–Kier alpha value is -0.790. The van der Waals surface area contributed by atoms with E-state index in [2.05, 4.69) is 6.92 Å². The molecule has 0 spiro atoms. The summed E-state index contributed by atoms with van der Waals surface area (Å²) in [6, 6.07) is 0. The molecular weight excluding hydrogens is 152 g/mol. The fourth-order valence-electron chi connectivity index (χ4n) is 0.641. The summed E-state index contributed by atoms with van der Waals surface area (Å²) in [5.74, 6) is -0.205. The highest BCUT2D eigenvalue weighted by Gasteiger charge is 2.04. The first kappa shape index (κ1) is 11.2. The lowest BCUT2D eigenvalue weighted by molar-refractivity contribution is -0.141. The molecule has 2 heteroatoms. The topological polar surface area (TPSA) is 26.3 Å². The molecule has 0 fully saturated rings. The van der Waals surface area contributed by atoms with E-state index >= 15 is 0 Å². The van der Waals surface area contributed by atoms with E-state index in [4.69, 9.17) is 4.74 Å². The van der Waals surface area contributed by atoms with Crippen LogP contribution in [0, 0.1) is 5.92 Å². The van der Waals surface area contributed by atoms with Gasteiger partial charge in [0.05, 0.1) is 12.2 Å². The predicted molar refractivity (Wildman–Crippen MR) is 49.6 cm³/mol. The molecule has 0 saturated heterocycles. The van der Waals surface area contributed by atoms with Gasteiger partial charge in [-0.3, -0.25) is 4.79 Å². The largest absolute Gasteiger partial charge is 0.435 e. The lowest BCUT2D eigenvalue weighted by Gasteiger charge is -2.00. The third-order valence-electron chi connectivity index (χ3n) is 1.48. The summed E-state index contributed by atoms with van der Waals surface area (Å²) in [6.07, 6.45) is 6.70. The Balaban J connectivity index is 3.40. The van der Waals surface area contributed by atoms with Crippen LogP contribution in [-0.4, -0.2) is 5.97 Å². The Labute approximate surface area is 74.6 Å². The Bertz CT molecular complexity index is 148. The molecule has 0 N–H and O–H groups in total. The van der Waals surface area contributed by atoms with Crippen LogP contribution in [0.3, 0.4) is 0 Å². The second kappa shape index (κ2) is 6.89. The van der Waals surface area contributed by atoms with Crippen LogP contribution in [-0.2, 0) is 9.53 Å². The van der Waals surface area contributed by atoms with Gasteiger partial charge >= 0.3 is 5.97 Å². The van der Waals surface area contributed by atoms with Gasteiger partial charge in [-0.15, -0.1) is 0 Å². The monoisotopic (exact) mass is 170 g/mol. The number of ether oxygens (including phenoxy) is 1. The van der Waals surface area contributed by atoms with Gasteiger partial charge in [0, 0.05) is 0 Å². The first-order valence-electron chi connectivity index (χ1n) is 4.54. The van der Waals surface area contributed by atoms with E-state index in [1.54, 1.807) is 0 Å². The number of hydrogen-bond donors (Lipinski definition) is 0. The van der Waals surface area contributed by atoms with Crippen molar-refractivity contribution in [2.75, 3.05) is 0 Å². The highest BCUT2D eigenvalue weighted by Crippen LogP contribution is 1.98. The smallest absolute Gasteiger partial charge is 0.313 e. The Morgan fingerprint density at radius 1 is 1.50 bits per heavy atom. The summed E-state index contributed by atoms with van der Waals surface area (Å²) in [4.78, 5) is 10.9. The second-order valence-corrected chi connectivity index (χ2v) is 3.11. The number of allylic oxidation sites excluding steroid dienone is 1. The fraction of sp³-hybridized carbons (Fsp3) is 0.700. The molecule has 2 nitrogen and oxygen atoms in total. The molecule has 0 aromatic rings. The second-order valence-electron chi connectivity index (χ2n) is 3.11. The zero-order valence-electron chi connectivity index (χ0n) is 8.17. The summed E-state index contributed by atoms with van der Waals surface area (Å²) in [6.45, 7) is 5.78. The summed E-state index contributed by atoms with van der Waals surface area (Å²) in [5, 5.41) is 0. The minimum Gasteiger partial charge on any atom is -0.435 e. The lowest BCUT2D eigenvalue weighted by atomic mass is 10.2. The van der Waals surface area contributed by atoms with Gasteiger partial charge in [0.25, 0.3) is 0 Å². The molecule has 70 valence electrons. The van der Waals surface area contributed by atoms with Crippen LogP contribution in [0.2, 0.25) is 0 Å². The third-order valence-corrected chi connectivity index (χ3v) is 1.48. The van der Waals surface area contributed by atoms with Crippen molar-refractivity contribution in [3.05, 3.63) is 12.3 Å². The maximum atomic E-state index is 10.9. The molecule has 0 aliphatic rings. The van der Waals surface area contributed by atoms with Gasteiger partial charge in [0.15, 0.2) is 0 Å². The number of esters is 1. The number of carbonyl (C=O) groups is 1. The molecule has 0 aromatic heterocycles. The summed E-state index contributed by atoms with van der Waals surface area (Å²) < 4.78 is 4.83. The van der Waals surface area contributed by atoms with Crippen molar-refractivity contribution in [1.82, 2.24) is 0 Å². The molecule has 12 heavy (non-hydrogen) atoms. The zero-order chi connectivity index (χ0) is 9.40. The van der Waals surface area contributed by atoms with Crippen molar-refractivity contribution >= 4 is 5.97 Å². The van der Waals surface area contributed by atoms with Crippen LogP contribution in [0.15, 0.2) is 12.3 Å². The van der Waals surface area contributed by atoms with E-state index in [-0.39, 0.29) is 11.9 Å². The van der Waals surface area contributed by atoms with Gasteiger partial charge in [-0.1, -0.05) is 27.2 Å². The van der Waals surface area contributed by atoms with Crippen molar-refractivity contribution in [3.8, 4) is 0 Å². The molecule has 0 aliphatic heterocycles. The molecule has 0 rings (SSSR count). The summed E-state index contributed by atoms with van der Waals surface area (Å²) >= 11 is 0. The van der Waals surface area contributed by atoms with E-state index in [9.17, 15) is 4.79 Å². The molecule has 0 aliphatic carbocycles. The number of unbranched alkanes of at least 4 members (excludes halogenated alkanes) is 2. The molecule has 0 heterocycles. The van der Waals surface area contributed by atoms with E-state index < -0.39 is 0 Å². The molecular formula is C10H18O2. The third kappa shape index (κ3) is 5.96. The zero-order valence-corrected chi connectivity index (χ0v) is 8.17. The molecule has 0 unspecified atom stereocenters.